The molecule has 152 valence electrons. The molecule has 28 heavy (non-hydrogen) atoms. The van der Waals surface area contributed by atoms with E-state index in [-0.39, 0.29) is 29.3 Å². The number of carbonyl (C=O) groups is 1. The smallest absolute Gasteiger partial charge is 0.393 e. The predicted molar refractivity (Wildman–Crippen MR) is 96.0 cm³/mol. The molecule has 1 aromatic carbocycles. The third kappa shape index (κ3) is 3.92. The summed E-state index contributed by atoms with van der Waals surface area (Å²) >= 11 is 0. The highest BCUT2D eigenvalue weighted by Gasteiger charge is 2.32. The van der Waals surface area contributed by atoms with Crippen molar-refractivity contribution in [2.75, 3.05) is 0 Å². The molecule has 2 aromatic rings. The molecular formula is C20H22F4N2O2. The Labute approximate surface area is 160 Å². The summed E-state index contributed by atoms with van der Waals surface area (Å²) in [6.07, 6.45) is -1.95. The van der Waals surface area contributed by atoms with Crippen molar-refractivity contribution in [3.8, 4) is 11.3 Å². The fraction of sp³-hybridized carbons (Fsp3) is 0.450. The zero-order chi connectivity index (χ0) is 20.6. The molecule has 1 aliphatic carbocycles. The van der Waals surface area contributed by atoms with Gasteiger partial charge in [0.2, 0.25) is 0 Å². The topological polar surface area (TPSA) is 68.2 Å². The Morgan fingerprint density at radius 2 is 1.93 bits per heavy atom. The Hall–Kier alpha value is -2.35. The van der Waals surface area contributed by atoms with Gasteiger partial charge in [-0.25, -0.2) is 4.39 Å². The highest BCUT2D eigenvalue weighted by molar-refractivity contribution is 5.95. The van der Waals surface area contributed by atoms with Gasteiger partial charge in [0.1, 0.15) is 5.82 Å². The highest BCUT2D eigenvalue weighted by atomic mass is 19.4. The van der Waals surface area contributed by atoms with E-state index >= 15 is 0 Å². The van der Waals surface area contributed by atoms with E-state index < -0.39 is 29.6 Å². The number of benzene rings is 1. The highest BCUT2D eigenvalue weighted by Crippen LogP contribution is 2.36. The number of hydrogen-bond acceptors (Lipinski definition) is 2. The number of aromatic nitrogens is 1. The van der Waals surface area contributed by atoms with Crippen LogP contribution in [0.15, 0.2) is 24.3 Å². The molecule has 3 N–H and O–H groups in total. The van der Waals surface area contributed by atoms with Crippen molar-refractivity contribution in [3.63, 3.8) is 0 Å². The van der Waals surface area contributed by atoms with Crippen molar-refractivity contribution >= 4 is 5.91 Å². The van der Waals surface area contributed by atoms with E-state index in [9.17, 15) is 27.5 Å². The standard InChI is InChI=1S/C20H22F4N2O2/c1-11-14(19(25)28)9-17(26(11)10-12-4-2-3-5-18(12)27)15-8-13(20(22,23)24)6-7-16(15)21/h6-9,12,18,27H,2-5,10H2,1H3,(H2,25,28). The summed E-state index contributed by atoms with van der Waals surface area (Å²) in [7, 11) is 0. The molecule has 0 bridgehead atoms. The second kappa shape index (κ2) is 7.58. The first kappa shape index (κ1) is 20.4. The number of hydrogen-bond donors (Lipinski definition) is 2. The number of primary amides is 1. The van der Waals surface area contributed by atoms with Gasteiger partial charge >= 0.3 is 6.18 Å². The summed E-state index contributed by atoms with van der Waals surface area (Å²) in [4.78, 5) is 11.8. The molecule has 1 heterocycles. The van der Waals surface area contributed by atoms with E-state index in [0.29, 0.717) is 18.2 Å². The molecule has 0 aliphatic heterocycles. The van der Waals surface area contributed by atoms with Gasteiger partial charge < -0.3 is 15.4 Å². The third-order valence-corrected chi connectivity index (χ3v) is 5.49. The van der Waals surface area contributed by atoms with Crippen molar-refractivity contribution in [1.29, 1.82) is 0 Å². The van der Waals surface area contributed by atoms with Crippen LogP contribution in [0.2, 0.25) is 0 Å². The van der Waals surface area contributed by atoms with Gasteiger partial charge in [-0.15, -0.1) is 0 Å². The van der Waals surface area contributed by atoms with Gasteiger partial charge in [-0.1, -0.05) is 12.8 Å². The van der Waals surface area contributed by atoms with Crippen LogP contribution in [0.3, 0.4) is 0 Å². The van der Waals surface area contributed by atoms with E-state index in [2.05, 4.69) is 0 Å². The van der Waals surface area contributed by atoms with Crippen LogP contribution in [0.5, 0.6) is 0 Å². The molecule has 1 aromatic heterocycles. The largest absolute Gasteiger partial charge is 0.416 e. The van der Waals surface area contributed by atoms with E-state index in [1.54, 1.807) is 11.5 Å². The van der Waals surface area contributed by atoms with Crippen LogP contribution in [0.4, 0.5) is 17.6 Å². The van der Waals surface area contributed by atoms with Crippen LogP contribution in [0.1, 0.15) is 47.3 Å². The van der Waals surface area contributed by atoms with Gasteiger partial charge in [-0.2, -0.15) is 13.2 Å². The fourth-order valence-electron chi connectivity index (χ4n) is 3.89. The second-order valence-corrected chi connectivity index (χ2v) is 7.31. The molecule has 1 aliphatic rings. The first-order valence-corrected chi connectivity index (χ1v) is 9.14. The normalized spacial score (nSPS) is 20.4. The van der Waals surface area contributed by atoms with Gasteiger partial charge in [-0.05, 0) is 44.0 Å². The molecule has 1 fully saturated rings. The minimum Gasteiger partial charge on any atom is -0.393 e. The molecule has 8 heteroatoms. The molecule has 2 atom stereocenters. The maximum Gasteiger partial charge on any atom is 0.416 e. The number of carbonyl (C=O) groups excluding carboxylic acids is 1. The van der Waals surface area contributed by atoms with Crippen molar-refractivity contribution in [2.45, 2.75) is 51.4 Å². The van der Waals surface area contributed by atoms with Crippen LogP contribution < -0.4 is 5.73 Å². The lowest BCUT2D eigenvalue weighted by Gasteiger charge is -2.29. The maximum absolute atomic E-state index is 14.5. The summed E-state index contributed by atoms with van der Waals surface area (Å²) < 4.78 is 55.4. The van der Waals surface area contributed by atoms with E-state index in [4.69, 9.17) is 5.73 Å². The number of nitrogens with zero attached hydrogens (tertiary/aromatic N) is 1. The summed E-state index contributed by atoms with van der Waals surface area (Å²) in [6, 6.07) is 3.51. The van der Waals surface area contributed by atoms with Crippen molar-refractivity contribution in [3.05, 3.63) is 46.9 Å². The Kier molecular flexibility index (Phi) is 5.52. The Morgan fingerprint density at radius 3 is 2.54 bits per heavy atom. The number of aliphatic hydroxyl groups excluding tert-OH is 1. The quantitative estimate of drug-likeness (QED) is 0.756. The molecule has 0 saturated heterocycles. The number of nitrogens with two attached hydrogens (primary N) is 1. The Balaban J connectivity index is 2.12. The van der Waals surface area contributed by atoms with Crippen LogP contribution in [-0.4, -0.2) is 21.7 Å². The molecule has 0 radical (unpaired) electrons. The Morgan fingerprint density at radius 1 is 1.25 bits per heavy atom. The van der Waals surface area contributed by atoms with Gasteiger partial charge in [0, 0.05) is 23.7 Å². The van der Waals surface area contributed by atoms with Crippen LogP contribution in [-0.2, 0) is 12.7 Å². The minimum absolute atomic E-state index is 0.122. The number of halogens is 4. The minimum atomic E-state index is -4.62. The van der Waals surface area contributed by atoms with Crippen LogP contribution in [0.25, 0.3) is 11.3 Å². The predicted octanol–water partition coefficient (Wildman–Crippen LogP) is 4.27. The first-order valence-electron chi connectivity index (χ1n) is 9.14. The summed E-state index contributed by atoms with van der Waals surface area (Å²) in [5, 5.41) is 10.3. The van der Waals surface area contributed by atoms with Crippen molar-refractivity contribution in [2.24, 2.45) is 11.7 Å². The number of amides is 1. The van der Waals surface area contributed by atoms with E-state index in [1.807, 2.05) is 0 Å². The van der Waals surface area contributed by atoms with Gasteiger partial charge in [0.15, 0.2) is 0 Å². The lowest BCUT2D eigenvalue weighted by atomic mass is 9.86. The molecule has 2 unspecified atom stereocenters. The fourth-order valence-corrected chi connectivity index (χ4v) is 3.89. The van der Waals surface area contributed by atoms with Gasteiger partial charge in [0.05, 0.1) is 22.9 Å². The van der Waals surface area contributed by atoms with Crippen LogP contribution in [0, 0.1) is 18.7 Å². The van der Waals surface area contributed by atoms with Crippen LogP contribution >= 0.6 is 0 Å². The molecule has 1 amide bonds. The SMILES string of the molecule is Cc1c(C(N)=O)cc(-c2cc(C(F)(F)F)ccc2F)n1CC1CCCCC1O. The summed E-state index contributed by atoms with van der Waals surface area (Å²) in [5.74, 6) is -1.70. The lowest BCUT2D eigenvalue weighted by Crippen LogP contribution is -2.29. The Bertz CT molecular complexity index is 889. The number of alkyl halides is 3. The molecule has 0 spiro atoms. The van der Waals surface area contributed by atoms with Gasteiger partial charge in [0.25, 0.3) is 5.91 Å². The second-order valence-electron chi connectivity index (χ2n) is 7.31. The van der Waals surface area contributed by atoms with Gasteiger partial charge in [-0.3, -0.25) is 4.79 Å². The zero-order valence-electron chi connectivity index (χ0n) is 15.4. The maximum atomic E-state index is 14.5. The number of aliphatic hydroxyl groups is 1. The molecule has 4 nitrogen and oxygen atoms in total. The van der Waals surface area contributed by atoms with Crippen molar-refractivity contribution in [1.82, 2.24) is 4.57 Å². The zero-order valence-corrected chi connectivity index (χ0v) is 15.4. The van der Waals surface area contributed by atoms with E-state index in [1.165, 1.54) is 6.07 Å². The molecular weight excluding hydrogens is 376 g/mol. The summed E-state index contributed by atoms with van der Waals surface area (Å²) in [5.41, 5.74) is 4.87. The lowest BCUT2D eigenvalue weighted by molar-refractivity contribution is -0.137. The monoisotopic (exact) mass is 398 g/mol. The molecule has 1 saturated carbocycles. The molecule has 3 rings (SSSR count). The average Bonchev–Trinajstić information content (AvgIpc) is 2.93. The summed E-state index contributed by atoms with van der Waals surface area (Å²) in [6.45, 7) is 1.88. The van der Waals surface area contributed by atoms with Crippen molar-refractivity contribution < 1.29 is 27.5 Å². The first-order chi connectivity index (χ1) is 13.1. The average molecular weight is 398 g/mol. The number of rotatable bonds is 4. The van der Waals surface area contributed by atoms with E-state index in [0.717, 1.165) is 31.4 Å². The third-order valence-electron chi connectivity index (χ3n) is 5.49.